The maximum atomic E-state index is 12.6. The van der Waals surface area contributed by atoms with Crippen LogP contribution < -0.4 is 32.3 Å². The number of hydrogen-bond acceptors (Lipinski definition) is 11. The summed E-state index contributed by atoms with van der Waals surface area (Å²) in [6, 6.07) is -6.27. The van der Waals surface area contributed by atoms with E-state index in [9.17, 15) is 48.9 Å². The molecule has 0 spiro atoms. The number of carbonyl (C=O) groups excluding carboxylic acids is 7. The predicted octanol–water partition coefficient (Wildman–Crippen LogP) is -6.42. The van der Waals surface area contributed by atoms with Crippen LogP contribution in [0.3, 0.4) is 0 Å². The monoisotopic (exact) mass is 559 g/mol. The van der Waals surface area contributed by atoms with Gasteiger partial charge in [-0.25, -0.2) is 0 Å². The third kappa shape index (κ3) is 10.2. The summed E-state index contributed by atoms with van der Waals surface area (Å²) in [6.45, 7) is 0.0598. The zero-order chi connectivity index (χ0) is 29.7. The highest BCUT2D eigenvalue weighted by Crippen LogP contribution is 2.16. The fourth-order valence-corrected chi connectivity index (χ4v) is 3.63. The number of nitrogens with two attached hydrogens (primary N) is 1. The highest BCUT2D eigenvalue weighted by atomic mass is 16.3. The van der Waals surface area contributed by atoms with E-state index in [1.807, 2.05) is 0 Å². The summed E-state index contributed by atoms with van der Waals surface area (Å²) in [5, 5.41) is 40.1. The second-order valence-corrected chi connectivity index (χ2v) is 8.86. The Balaban J connectivity index is 2.70. The molecule has 0 unspecified atom stereocenters. The minimum atomic E-state index is -1.61. The van der Waals surface area contributed by atoms with Gasteiger partial charge in [0, 0.05) is 6.54 Å². The van der Waals surface area contributed by atoms with Crippen molar-refractivity contribution in [3.8, 4) is 0 Å². The van der Waals surface area contributed by atoms with Crippen molar-refractivity contribution in [2.75, 3.05) is 32.8 Å². The minimum Gasteiger partial charge on any atom is -0.394 e. The zero-order valence-electron chi connectivity index (χ0n) is 21.7. The molecule has 10 N–H and O–H groups in total. The van der Waals surface area contributed by atoms with Crippen LogP contribution in [0, 0.1) is 0 Å². The number of nitrogens with one attached hydrogen (secondary N) is 5. The van der Waals surface area contributed by atoms with E-state index in [1.165, 1.54) is 18.7 Å². The van der Waals surface area contributed by atoms with Gasteiger partial charge in [0.25, 0.3) is 0 Å². The quantitative estimate of drug-likeness (QED) is 0.0851. The van der Waals surface area contributed by atoms with Crippen LogP contribution in [0.1, 0.15) is 26.7 Å². The Hall–Kier alpha value is -3.67. The van der Waals surface area contributed by atoms with Crippen LogP contribution in [0.2, 0.25) is 0 Å². The zero-order valence-corrected chi connectivity index (χ0v) is 21.7. The number of likely N-dealkylation sites (tertiary alicyclic amines) is 1. The van der Waals surface area contributed by atoms with Crippen LogP contribution in [0.4, 0.5) is 0 Å². The summed E-state index contributed by atoms with van der Waals surface area (Å²) in [6.07, 6.45) is 0.194. The predicted molar refractivity (Wildman–Crippen MR) is 132 cm³/mol. The van der Waals surface area contributed by atoms with E-state index in [0.717, 1.165) is 0 Å². The van der Waals surface area contributed by atoms with Crippen molar-refractivity contribution in [3.05, 3.63) is 0 Å². The summed E-state index contributed by atoms with van der Waals surface area (Å²) in [5.74, 6) is -5.05. The van der Waals surface area contributed by atoms with Crippen LogP contribution in [0.15, 0.2) is 0 Å². The first-order chi connectivity index (χ1) is 18.4. The molecule has 220 valence electrons. The number of aldehydes is 1. The highest BCUT2D eigenvalue weighted by Gasteiger charge is 2.34. The molecule has 0 bridgehead atoms. The van der Waals surface area contributed by atoms with E-state index >= 15 is 0 Å². The van der Waals surface area contributed by atoms with E-state index in [4.69, 9.17) is 5.73 Å². The average Bonchev–Trinajstić information content (AvgIpc) is 3.39. The summed E-state index contributed by atoms with van der Waals surface area (Å²) in [4.78, 5) is 85.9. The number of hydrogen-bond donors (Lipinski definition) is 9. The van der Waals surface area contributed by atoms with E-state index in [0.29, 0.717) is 19.1 Å². The first-order valence-corrected chi connectivity index (χ1v) is 12.2. The summed E-state index contributed by atoms with van der Waals surface area (Å²) in [7, 11) is 0. The molecule has 17 nitrogen and oxygen atoms in total. The van der Waals surface area contributed by atoms with Crippen molar-refractivity contribution < 1.29 is 48.9 Å². The van der Waals surface area contributed by atoms with Gasteiger partial charge in [0.2, 0.25) is 35.4 Å². The van der Waals surface area contributed by atoms with E-state index < -0.39 is 91.5 Å². The standard InChI is InChI=1S/C22H37N7O10/c1-11(25-16(34)6-23)19(36)27-14(9-31)20(37)28-18(12(2)33)21(38)24-7-17(35)26-15(10-32)22(39)29-5-3-4-13(29)8-30/h8,11-15,18,31-33H,3-7,9-10,23H2,1-2H3,(H,24,38)(H,25,34)(H,26,35)(H,27,36)(H,28,37)/t11-,12+,13-,14-,15-,18-/m0/s1. The van der Waals surface area contributed by atoms with Gasteiger partial charge in [-0.3, -0.25) is 28.8 Å². The lowest BCUT2D eigenvalue weighted by molar-refractivity contribution is -0.140. The van der Waals surface area contributed by atoms with Crippen molar-refractivity contribution in [3.63, 3.8) is 0 Å². The van der Waals surface area contributed by atoms with Crippen LogP contribution in [0.5, 0.6) is 0 Å². The molecule has 1 saturated heterocycles. The molecular weight excluding hydrogens is 522 g/mol. The van der Waals surface area contributed by atoms with Gasteiger partial charge in [-0.05, 0) is 26.7 Å². The molecule has 1 fully saturated rings. The summed E-state index contributed by atoms with van der Waals surface area (Å²) < 4.78 is 0. The summed E-state index contributed by atoms with van der Waals surface area (Å²) in [5.41, 5.74) is 5.16. The third-order valence-electron chi connectivity index (χ3n) is 5.81. The van der Waals surface area contributed by atoms with Gasteiger partial charge >= 0.3 is 0 Å². The lowest BCUT2D eigenvalue weighted by atomic mass is 10.1. The van der Waals surface area contributed by atoms with Crippen molar-refractivity contribution in [1.82, 2.24) is 31.5 Å². The molecule has 0 aromatic heterocycles. The van der Waals surface area contributed by atoms with Crippen molar-refractivity contribution >= 4 is 41.7 Å². The van der Waals surface area contributed by atoms with E-state index in [2.05, 4.69) is 26.6 Å². The molecule has 17 heteroatoms. The maximum Gasteiger partial charge on any atom is 0.248 e. The van der Waals surface area contributed by atoms with Gasteiger partial charge in [0.1, 0.15) is 30.5 Å². The molecule has 0 aromatic carbocycles. The fraction of sp³-hybridized carbons (Fsp3) is 0.682. The van der Waals surface area contributed by atoms with E-state index in [-0.39, 0.29) is 13.1 Å². The number of aliphatic hydroxyl groups is 3. The van der Waals surface area contributed by atoms with Gasteiger partial charge in [0.05, 0.1) is 38.4 Å². The number of amides is 6. The number of aliphatic hydroxyl groups excluding tert-OH is 3. The Bertz CT molecular complexity index is 916. The number of carbonyl (C=O) groups is 7. The first-order valence-electron chi connectivity index (χ1n) is 12.2. The van der Waals surface area contributed by atoms with Gasteiger partial charge < -0.3 is 57.3 Å². The molecule has 1 aliphatic rings. The minimum absolute atomic E-state index is 0.289. The largest absolute Gasteiger partial charge is 0.394 e. The Morgan fingerprint density at radius 2 is 1.56 bits per heavy atom. The van der Waals surface area contributed by atoms with Crippen LogP contribution >= 0.6 is 0 Å². The lowest BCUT2D eigenvalue weighted by Crippen LogP contribution is -2.60. The van der Waals surface area contributed by atoms with Gasteiger partial charge in [0.15, 0.2) is 0 Å². The molecule has 1 heterocycles. The molecule has 0 radical (unpaired) electrons. The van der Waals surface area contributed by atoms with Crippen LogP contribution in [-0.2, 0) is 33.6 Å². The smallest absolute Gasteiger partial charge is 0.248 e. The molecule has 39 heavy (non-hydrogen) atoms. The Morgan fingerprint density at radius 1 is 0.923 bits per heavy atom. The Labute approximate surface area is 224 Å². The van der Waals surface area contributed by atoms with E-state index in [1.54, 1.807) is 0 Å². The Morgan fingerprint density at radius 3 is 2.10 bits per heavy atom. The number of rotatable bonds is 15. The fourth-order valence-electron chi connectivity index (χ4n) is 3.63. The Kier molecular flexibility index (Phi) is 14.0. The highest BCUT2D eigenvalue weighted by molar-refractivity contribution is 5.96. The molecule has 0 aromatic rings. The normalized spacial score (nSPS) is 18.5. The summed E-state index contributed by atoms with van der Waals surface area (Å²) >= 11 is 0. The van der Waals surface area contributed by atoms with Gasteiger partial charge in [-0.1, -0.05) is 0 Å². The van der Waals surface area contributed by atoms with Gasteiger partial charge in [-0.2, -0.15) is 0 Å². The van der Waals surface area contributed by atoms with Crippen LogP contribution in [-0.4, -0.2) is 131 Å². The second-order valence-electron chi connectivity index (χ2n) is 8.86. The van der Waals surface area contributed by atoms with Crippen molar-refractivity contribution in [2.24, 2.45) is 5.73 Å². The lowest BCUT2D eigenvalue weighted by Gasteiger charge is -2.26. The topological polar surface area (TPSA) is 270 Å². The average molecular weight is 560 g/mol. The first kappa shape index (κ1) is 33.4. The number of nitrogens with zero attached hydrogens (tertiary/aromatic N) is 1. The maximum absolute atomic E-state index is 12.6. The molecule has 1 rings (SSSR count). The molecule has 6 atom stereocenters. The van der Waals surface area contributed by atoms with Crippen LogP contribution in [0.25, 0.3) is 0 Å². The molecule has 0 saturated carbocycles. The molecule has 6 amide bonds. The van der Waals surface area contributed by atoms with Crippen molar-refractivity contribution in [2.45, 2.75) is 63.0 Å². The SMILES string of the molecule is C[C@H](NC(=O)CN)C(=O)N[C@@H](CO)C(=O)N[C@H](C(=O)NCC(=O)N[C@@H](CO)C(=O)N1CCC[C@H]1C=O)[C@@H](C)O. The molecular formula is C22H37N7O10. The molecule has 1 aliphatic heterocycles. The second kappa shape index (κ2) is 16.3. The third-order valence-corrected chi connectivity index (χ3v) is 5.81. The van der Waals surface area contributed by atoms with Gasteiger partial charge in [-0.15, -0.1) is 0 Å². The van der Waals surface area contributed by atoms with Crippen molar-refractivity contribution in [1.29, 1.82) is 0 Å². The molecule has 0 aliphatic carbocycles.